The highest BCUT2D eigenvalue weighted by Crippen LogP contribution is 2.31. The number of nitrogens with zero attached hydrogens (tertiary/aromatic N) is 2. The molecule has 1 rings (SSSR count). The molecule has 0 aromatic rings. The minimum absolute atomic E-state index is 0.595. The molecule has 1 heterocycles. The predicted octanol–water partition coefficient (Wildman–Crippen LogP) is 0.0934. The zero-order chi connectivity index (χ0) is 10.9. The Morgan fingerprint density at radius 1 is 1.79 bits per heavy atom. The predicted molar refractivity (Wildman–Crippen MR) is 44.3 cm³/mol. The summed E-state index contributed by atoms with van der Waals surface area (Å²) in [5, 5.41) is 8.58. The number of halogens is 2. The molecule has 0 aromatic heterocycles. The number of nitriles is 1. The first-order valence-electron chi connectivity index (χ1n) is 4.21. The van der Waals surface area contributed by atoms with Crippen LogP contribution in [0.1, 0.15) is 13.3 Å². The number of rotatable bonds is 1. The summed E-state index contributed by atoms with van der Waals surface area (Å²) < 4.78 is 25.7. The molecule has 1 unspecified atom stereocenters. The Hall–Kier alpha value is -1.22. The third kappa shape index (κ3) is 1.99. The molecule has 1 amide bonds. The second-order valence-corrected chi connectivity index (χ2v) is 3.46. The van der Waals surface area contributed by atoms with Crippen molar-refractivity contribution >= 4 is 5.91 Å². The van der Waals surface area contributed by atoms with Gasteiger partial charge in [-0.05, 0) is 6.92 Å². The Labute approximate surface area is 80.3 Å². The van der Waals surface area contributed by atoms with Gasteiger partial charge in [0.05, 0.1) is 18.7 Å². The van der Waals surface area contributed by atoms with Crippen molar-refractivity contribution < 1.29 is 13.6 Å². The van der Waals surface area contributed by atoms with Crippen molar-refractivity contribution in [2.45, 2.75) is 31.4 Å². The van der Waals surface area contributed by atoms with Gasteiger partial charge in [0.2, 0.25) is 5.91 Å². The Kier molecular flexibility index (Phi) is 2.71. The van der Waals surface area contributed by atoms with Crippen molar-refractivity contribution in [3.63, 3.8) is 0 Å². The van der Waals surface area contributed by atoms with E-state index in [0.29, 0.717) is 0 Å². The summed E-state index contributed by atoms with van der Waals surface area (Å²) in [5.74, 6) is -3.57. The van der Waals surface area contributed by atoms with Crippen LogP contribution in [0.2, 0.25) is 0 Å². The summed E-state index contributed by atoms with van der Waals surface area (Å²) in [6, 6.07) is -0.225. The van der Waals surface area contributed by atoms with Crippen LogP contribution in [0.4, 0.5) is 8.78 Å². The molecular weight excluding hydrogens is 192 g/mol. The minimum atomic E-state index is -2.97. The molecule has 1 aliphatic heterocycles. The van der Waals surface area contributed by atoms with Crippen LogP contribution in [0, 0.1) is 11.3 Å². The summed E-state index contributed by atoms with van der Waals surface area (Å²) in [4.78, 5) is 12.2. The lowest BCUT2D eigenvalue weighted by atomic mass is 10.2. The average molecular weight is 203 g/mol. The zero-order valence-electron chi connectivity index (χ0n) is 7.70. The number of amides is 1. The van der Waals surface area contributed by atoms with E-state index in [9.17, 15) is 13.6 Å². The monoisotopic (exact) mass is 203 g/mol. The maximum Gasteiger partial charge on any atom is 0.268 e. The molecule has 0 spiro atoms. The summed E-state index contributed by atoms with van der Waals surface area (Å²) in [7, 11) is 0. The smallest absolute Gasteiger partial charge is 0.268 e. The molecule has 1 saturated heterocycles. The Balaban J connectivity index is 2.80. The molecule has 2 N–H and O–H groups in total. The molecule has 4 nitrogen and oxygen atoms in total. The van der Waals surface area contributed by atoms with E-state index >= 15 is 0 Å². The van der Waals surface area contributed by atoms with Crippen LogP contribution in [0.5, 0.6) is 0 Å². The van der Waals surface area contributed by atoms with Crippen molar-refractivity contribution in [1.29, 1.82) is 5.26 Å². The highest BCUT2D eigenvalue weighted by atomic mass is 19.3. The van der Waals surface area contributed by atoms with Gasteiger partial charge in [0, 0.05) is 6.42 Å². The van der Waals surface area contributed by atoms with Gasteiger partial charge in [-0.15, -0.1) is 0 Å². The molecule has 78 valence electrons. The van der Waals surface area contributed by atoms with E-state index in [2.05, 4.69) is 0 Å². The Morgan fingerprint density at radius 2 is 2.36 bits per heavy atom. The second-order valence-electron chi connectivity index (χ2n) is 3.46. The van der Waals surface area contributed by atoms with Gasteiger partial charge in [-0.1, -0.05) is 0 Å². The lowest BCUT2D eigenvalue weighted by Crippen LogP contribution is -2.44. The van der Waals surface area contributed by atoms with Gasteiger partial charge >= 0.3 is 0 Å². The van der Waals surface area contributed by atoms with E-state index in [-0.39, 0.29) is 0 Å². The fourth-order valence-electron chi connectivity index (χ4n) is 1.43. The van der Waals surface area contributed by atoms with Gasteiger partial charge in [0.25, 0.3) is 5.92 Å². The van der Waals surface area contributed by atoms with Crippen LogP contribution in [-0.4, -0.2) is 35.4 Å². The van der Waals surface area contributed by atoms with Crippen LogP contribution < -0.4 is 5.73 Å². The highest BCUT2D eigenvalue weighted by molar-refractivity contribution is 5.82. The number of nitrogens with two attached hydrogens (primary N) is 1. The van der Waals surface area contributed by atoms with Crippen molar-refractivity contribution in [2.75, 3.05) is 6.54 Å². The van der Waals surface area contributed by atoms with Crippen molar-refractivity contribution in [1.82, 2.24) is 4.90 Å². The zero-order valence-corrected chi connectivity index (χ0v) is 7.70. The van der Waals surface area contributed by atoms with E-state index in [0.717, 1.165) is 4.90 Å². The van der Waals surface area contributed by atoms with Crippen LogP contribution in [0.15, 0.2) is 0 Å². The molecule has 0 radical (unpaired) electrons. The van der Waals surface area contributed by atoms with Crippen LogP contribution in [0.25, 0.3) is 0 Å². The molecule has 0 bridgehead atoms. The quantitative estimate of drug-likeness (QED) is 0.656. The standard InChI is InChI=1S/C8H11F2N3O/c1-5(12)7(14)13-4-8(9,10)2-6(13)3-11/h5-6H,2,4,12H2,1H3/t5-,6?/m0/s1. The van der Waals surface area contributed by atoms with E-state index < -0.39 is 36.9 Å². The summed E-state index contributed by atoms with van der Waals surface area (Å²) in [5.41, 5.74) is 5.28. The van der Waals surface area contributed by atoms with Gasteiger partial charge in [-0.3, -0.25) is 4.79 Å². The van der Waals surface area contributed by atoms with Crippen molar-refractivity contribution in [3.05, 3.63) is 0 Å². The summed E-state index contributed by atoms with van der Waals surface area (Å²) >= 11 is 0. The van der Waals surface area contributed by atoms with E-state index in [1.165, 1.54) is 6.92 Å². The fraction of sp³-hybridized carbons (Fsp3) is 0.750. The van der Waals surface area contributed by atoms with E-state index in [1.807, 2.05) is 0 Å². The maximum absolute atomic E-state index is 12.9. The minimum Gasteiger partial charge on any atom is -0.320 e. The first kappa shape index (κ1) is 10.9. The molecule has 1 fully saturated rings. The molecule has 0 aliphatic carbocycles. The van der Waals surface area contributed by atoms with Gasteiger partial charge < -0.3 is 10.6 Å². The SMILES string of the molecule is C[C@H](N)C(=O)N1CC(F)(F)CC1C#N. The summed E-state index contributed by atoms with van der Waals surface area (Å²) in [6.07, 6.45) is -0.595. The van der Waals surface area contributed by atoms with Crippen molar-refractivity contribution in [3.8, 4) is 6.07 Å². The van der Waals surface area contributed by atoms with Crippen LogP contribution in [0.3, 0.4) is 0 Å². The number of hydrogen-bond acceptors (Lipinski definition) is 3. The number of alkyl halides is 2. The van der Waals surface area contributed by atoms with Crippen LogP contribution in [-0.2, 0) is 4.79 Å². The molecule has 2 atom stereocenters. The van der Waals surface area contributed by atoms with E-state index in [1.54, 1.807) is 6.07 Å². The number of likely N-dealkylation sites (tertiary alicyclic amines) is 1. The first-order valence-corrected chi connectivity index (χ1v) is 4.21. The number of carbonyl (C=O) groups excluding carboxylic acids is 1. The molecule has 1 aliphatic rings. The molecule has 0 aromatic carbocycles. The first-order chi connectivity index (χ1) is 6.37. The Bertz CT molecular complexity index is 285. The molecule has 6 heteroatoms. The van der Waals surface area contributed by atoms with E-state index in [4.69, 9.17) is 11.0 Å². The fourth-order valence-corrected chi connectivity index (χ4v) is 1.43. The maximum atomic E-state index is 12.9. The van der Waals surface area contributed by atoms with Crippen LogP contribution >= 0.6 is 0 Å². The topological polar surface area (TPSA) is 70.1 Å². The normalized spacial score (nSPS) is 27.1. The molecular formula is C8H11F2N3O. The number of hydrogen-bond donors (Lipinski definition) is 1. The Morgan fingerprint density at radius 3 is 2.79 bits per heavy atom. The van der Waals surface area contributed by atoms with Gasteiger partial charge in [0.15, 0.2) is 0 Å². The third-order valence-electron chi connectivity index (χ3n) is 2.09. The molecule has 0 saturated carbocycles. The third-order valence-corrected chi connectivity index (χ3v) is 2.09. The van der Waals surface area contributed by atoms with Gasteiger partial charge in [-0.25, -0.2) is 8.78 Å². The average Bonchev–Trinajstić information content (AvgIpc) is 2.39. The van der Waals surface area contributed by atoms with Crippen molar-refractivity contribution in [2.24, 2.45) is 5.73 Å². The second kappa shape index (κ2) is 3.50. The number of carbonyl (C=O) groups is 1. The molecule has 14 heavy (non-hydrogen) atoms. The van der Waals surface area contributed by atoms with Gasteiger partial charge in [-0.2, -0.15) is 5.26 Å². The summed E-state index contributed by atoms with van der Waals surface area (Å²) in [6.45, 7) is 0.707. The van der Waals surface area contributed by atoms with Gasteiger partial charge in [0.1, 0.15) is 6.04 Å². The lowest BCUT2D eigenvalue weighted by molar-refractivity contribution is -0.133. The lowest BCUT2D eigenvalue weighted by Gasteiger charge is -2.20. The largest absolute Gasteiger partial charge is 0.320 e. The highest BCUT2D eigenvalue weighted by Gasteiger charge is 2.47.